The number of ether oxygens (including phenoxy) is 1. The largest absolute Gasteiger partial charge is 0.444 e. The van der Waals surface area contributed by atoms with Gasteiger partial charge in [-0.25, -0.2) is 4.79 Å². The fourth-order valence-electron chi connectivity index (χ4n) is 3.96. The molecule has 1 aromatic carbocycles. The van der Waals surface area contributed by atoms with Crippen molar-refractivity contribution in [1.82, 2.24) is 15.1 Å². The second-order valence-electron chi connectivity index (χ2n) is 8.71. The van der Waals surface area contributed by atoms with E-state index in [2.05, 4.69) is 15.1 Å². The van der Waals surface area contributed by atoms with Crippen LogP contribution in [-0.4, -0.2) is 53.0 Å². The van der Waals surface area contributed by atoms with Crippen molar-refractivity contribution < 1.29 is 9.53 Å². The standard InChI is InChI=1S/C21H27N5O2/c1-21(2,3)28-20(27)26-12-15-10-25(11-16(15)13-26)19-9-8-18(23-24-19)14-4-6-17(22)7-5-14/h4-9,15-16H,10-13,22H2,1-3H3. The van der Waals surface area contributed by atoms with E-state index in [0.29, 0.717) is 11.8 Å². The number of nitrogen functional groups attached to an aromatic ring is 1. The number of anilines is 2. The summed E-state index contributed by atoms with van der Waals surface area (Å²) in [5.41, 5.74) is 7.85. The molecule has 2 saturated heterocycles. The zero-order chi connectivity index (χ0) is 19.9. The van der Waals surface area contributed by atoms with Crippen LogP contribution in [0.3, 0.4) is 0 Å². The Bertz CT molecular complexity index is 831. The number of fused-ring (bicyclic) bond motifs is 1. The van der Waals surface area contributed by atoms with Crippen molar-refractivity contribution in [3.05, 3.63) is 36.4 Å². The van der Waals surface area contributed by atoms with Gasteiger partial charge in [-0.2, -0.15) is 0 Å². The van der Waals surface area contributed by atoms with Crippen LogP contribution in [0.4, 0.5) is 16.3 Å². The molecule has 7 heteroatoms. The van der Waals surface area contributed by atoms with Crippen molar-refractivity contribution in [1.29, 1.82) is 0 Å². The molecule has 2 aliphatic heterocycles. The summed E-state index contributed by atoms with van der Waals surface area (Å²) in [5.74, 6) is 1.79. The highest BCUT2D eigenvalue weighted by molar-refractivity contribution is 5.68. The van der Waals surface area contributed by atoms with Crippen LogP contribution in [0.15, 0.2) is 36.4 Å². The second kappa shape index (κ2) is 6.96. The van der Waals surface area contributed by atoms with E-state index >= 15 is 0 Å². The third kappa shape index (κ3) is 3.88. The fourth-order valence-corrected chi connectivity index (χ4v) is 3.96. The lowest BCUT2D eigenvalue weighted by atomic mass is 10.0. The molecule has 2 unspecified atom stereocenters. The van der Waals surface area contributed by atoms with Gasteiger partial charge in [-0.05, 0) is 45.0 Å². The van der Waals surface area contributed by atoms with E-state index < -0.39 is 5.60 Å². The van der Waals surface area contributed by atoms with Gasteiger partial charge < -0.3 is 20.3 Å². The maximum Gasteiger partial charge on any atom is 0.410 e. The van der Waals surface area contributed by atoms with Crippen molar-refractivity contribution in [2.75, 3.05) is 36.8 Å². The van der Waals surface area contributed by atoms with Crippen molar-refractivity contribution in [2.24, 2.45) is 11.8 Å². The Balaban J connectivity index is 1.37. The Labute approximate surface area is 165 Å². The molecule has 1 amide bonds. The summed E-state index contributed by atoms with van der Waals surface area (Å²) in [6.07, 6.45) is -0.207. The Morgan fingerprint density at radius 2 is 1.64 bits per heavy atom. The summed E-state index contributed by atoms with van der Waals surface area (Å²) in [5, 5.41) is 8.81. The molecule has 3 heterocycles. The lowest BCUT2D eigenvalue weighted by Crippen LogP contribution is -2.37. The van der Waals surface area contributed by atoms with E-state index in [-0.39, 0.29) is 6.09 Å². The molecule has 4 rings (SSSR count). The molecular formula is C21H27N5O2. The second-order valence-corrected chi connectivity index (χ2v) is 8.71. The van der Waals surface area contributed by atoms with Crippen LogP contribution in [0.5, 0.6) is 0 Å². The molecule has 0 aliphatic carbocycles. The average molecular weight is 381 g/mol. The average Bonchev–Trinajstić information content (AvgIpc) is 3.20. The van der Waals surface area contributed by atoms with Gasteiger partial charge in [-0.1, -0.05) is 12.1 Å². The molecule has 2 aliphatic rings. The topological polar surface area (TPSA) is 84.6 Å². The molecule has 0 radical (unpaired) electrons. The maximum absolute atomic E-state index is 12.3. The van der Waals surface area contributed by atoms with Gasteiger partial charge in [-0.3, -0.25) is 0 Å². The van der Waals surface area contributed by atoms with E-state index in [9.17, 15) is 4.79 Å². The summed E-state index contributed by atoms with van der Waals surface area (Å²) in [6, 6.07) is 11.6. The van der Waals surface area contributed by atoms with Gasteiger partial charge in [0.25, 0.3) is 0 Å². The van der Waals surface area contributed by atoms with Crippen molar-refractivity contribution >= 4 is 17.6 Å². The molecular weight excluding hydrogens is 354 g/mol. The lowest BCUT2D eigenvalue weighted by Gasteiger charge is -2.26. The van der Waals surface area contributed by atoms with Gasteiger partial charge in [0.2, 0.25) is 0 Å². The number of amides is 1. The van der Waals surface area contributed by atoms with Crippen LogP contribution in [0.1, 0.15) is 20.8 Å². The molecule has 0 bridgehead atoms. The number of benzene rings is 1. The number of rotatable bonds is 2. The number of nitrogens with two attached hydrogens (primary N) is 1. The highest BCUT2D eigenvalue weighted by atomic mass is 16.6. The molecule has 7 nitrogen and oxygen atoms in total. The van der Waals surface area contributed by atoms with E-state index in [1.54, 1.807) is 0 Å². The molecule has 1 aromatic heterocycles. The third-order valence-electron chi connectivity index (χ3n) is 5.32. The summed E-state index contributed by atoms with van der Waals surface area (Å²) in [4.78, 5) is 16.4. The summed E-state index contributed by atoms with van der Waals surface area (Å²) < 4.78 is 5.50. The van der Waals surface area contributed by atoms with Gasteiger partial charge in [0.1, 0.15) is 5.60 Å². The van der Waals surface area contributed by atoms with Crippen LogP contribution in [0.25, 0.3) is 11.3 Å². The highest BCUT2D eigenvalue weighted by Gasteiger charge is 2.43. The number of hydrogen-bond acceptors (Lipinski definition) is 6. The van der Waals surface area contributed by atoms with Crippen molar-refractivity contribution in [2.45, 2.75) is 26.4 Å². The predicted octanol–water partition coefficient (Wildman–Crippen LogP) is 3.03. The number of carbonyl (C=O) groups is 1. The Morgan fingerprint density at radius 3 is 2.18 bits per heavy atom. The van der Waals surface area contributed by atoms with Gasteiger partial charge in [0.15, 0.2) is 5.82 Å². The van der Waals surface area contributed by atoms with Crippen molar-refractivity contribution in [3.63, 3.8) is 0 Å². The minimum Gasteiger partial charge on any atom is -0.444 e. The number of likely N-dealkylation sites (tertiary alicyclic amines) is 1. The smallest absolute Gasteiger partial charge is 0.410 e. The normalized spacial score (nSPS) is 21.7. The van der Waals surface area contributed by atoms with E-state index in [1.807, 2.05) is 62.1 Å². The van der Waals surface area contributed by atoms with Gasteiger partial charge >= 0.3 is 6.09 Å². The minimum atomic E-state index is -0.456. The molecule has 148 valence electrons. The molecule has 2 aromatic rings. The zero-order valence-electron chi connectivity index (χ0n) is 16.6. The van der Waals surface area contributed by atoms with Crippen LogP contribution >= 0.6 is 0 Å². The predicted molar refractivity (Wildman–Crippen MR) is 109 cm³/mol. The highest BCUT2D eigenvalue weighted by Crippen LogP contribution is 2.34. The van der Waals surface area contributed by atoms with E-state index in [0.717, 1.165) is 48.9 Å². The Kier molecular flexibility index (Phi) is 4.61. The first-order valence-electron chi connectivity index (χ1n) is 9.71. The zero-order valence-corrected chi connectivity index (χ0v) is 16.6. The molecule has 2 atom stereocenters. The van der Waals surface area contributed by atoms with Crippen molar-refractivity contribution in [3.8, 4) is 11.3 Å². The van der Waals surface area contributed by atoms with Gasteiger partial charge in [-0.15, -0.1) is 10.2 Å². The third-order valence-corrected chi connectivity index (χ3v) is 5.32. The molecule has 2 N–H and O–H groups in total. The summed E-state index contributed by atoms with van der Waals surface area (Å²) in [7, 11) is 0. The van der Waals surface area contributed by atoms with Crippen LogP contribution in [-0.2, 0) is 4.74 Å². The number of carbonyl (C=O) groups excluding carboxylic acids is 1. The first kappa shape index (κ1) is 18.5. The molecule has 0 spiro atoms. The van der Waals surface area contributed by atoms with Gasteiger partial charge in [0, 0.05) is 49.3 Å². The van der Waals surface area contributed by atoms with Crippen LogP contribution < -0.4 is 10.6 Å². The summed E-state index contributed by atoms with van der Waals surface area (Å²) in [6.45, 7) is 8.96. The number of nitrogens with zero attached hydrogens (tertiary/aromatic N) is 4. The Hall–Kier alpha value is -2.83. The Morgan fingerprint density at radius 1 is 1.00 bits per heavy atom. The minimum absolute atomic E-state index is 0.207. The van der Waals surface area contributed by atoms with Crippen LogP contribution in [0.2, 0.25) is 0 Å². The lowest BCUT2D eigenvalue weighted by molar-refractivity contribution is 0.0282. The quantitative estimate of drug-likeness (QED) is 0.805. The molecule has 2 fully saturated rings. The SMILES string of the molecule is CC(C)(C)OC(=O)N1CC2CN(c3ccc(-c4ccc(N)cc4)nn3)CC2C1. The first-order chi connectivity index (χ1) is 13.3. The maximum atomic E-state index is 12.3. The van der Waals surface area contributed by atoms with E-state index in [4.69, 9.17) is 10.5 Å². The number of aromatic nitrogens is 2. The first-order valence-corrected chi connectivity index (χ1v) is 9.71. The van der Waals surface area contributed by atoms with Crippen LogP contribution in [0, 0.1) is 11.8 Å². The molecule has 0 saturated carbocycles. The number of hydrogen-bond donors (Lipinski definition) is 1. The fraction of sp³-hybridized carbons (Fsp3) is 0.476. The molecule has 28 heavy (non-hydrogen) atoms. The van der Waals surface area contributed by atoms with E-state index in [1.165, 1.54) is 0 Å². The van der Waals surface area contributed by atoms with Gasteiger partial charge in [0.05, 0.1) is 5.69 Å². The summed E-state index contributed by atoms with van der Waals surface area (Å²) >= 11 is 0. The monoisotopic (exact) mass is 381 g/mol.